The van der Waals surface area contributed by atoms with Crippen molar-refractivity contribution in [1.29, 1.82) is 0 Å². The summed E-state index contributed by atoms with van der Waals surface area (Å²) in [4.78, 5) is 28.8. The molecule has 1 aromatic heterocycles. The molecule has 0 aliphatic heterocycles. The SMILES string of the molecule is COc1ccc(C(=O)c2ccc(OCc3ccc(Cl)cc3Cl)nc2)c(OC(C)(C)C(=O)O)c1. The summed E-state index contributed by atoms with van der Waals surface area (Å²) in [6.45, 7) is 2.96. The molecule has 9 heteroatoms. The molecule has 2 aromatic carbocycles. The first-order valence-electron chi connectivity index (χ1n) is 9.78. The molecule has 0 unspecified atom stereocenters. The number of nitrogens with zero attached hydrogens (tertiary/aromatic N) is 1. The fraction of sp³-hybridized carbons (Fsp3) is 0.208. The number of benzene rings is 2. The molecule has 3 rings (SSSR count). The van der Waals surface area contributed by atoms with E-state index in [1.807, 2.05) is 0 Å². The number of rotatable bonds is 9. The smallest absolute Gasteiger partial charge is 0.347 e. The highest BCUT2D eigenvalue weighted by Gasteiger charge is 2.31. The summed E-state index contributed by atoms with van der Waals surface area (Å²) in [5.41, 5.74) is -0.368. The molecule has 7 nitrogen and oxygen atoms in total. The maximum absolute atomic E-state index is 13.1. The van der Waals surface area contributed by atoms with Gasteiger partial charge in [0.15, 0.2) is 11.4 Å². The summed E-state index contributed by atoms with van der Waals surface area (Å²) in [5.74, 6) is -0.757. The first-order valence-corrected chi connectivity index (χ1v) is 10.5. The van der Waals surface area contributed by atoms with Crippen molar-refractivity contribution in [2.75, 3.05) is 7.11 Å². The Kier molecular flexibility index (Phi) is 7.46. The highest BCUT2D eigenvalue weighted by atomic mass is 35.5. The van der Waals surface area contributed by atoms with Crippen molar-refractivity contribution >= 4 is 35.0 Å². The number of carbonyl (C=O) groups is 2. The van der Waals surface area contributed by atoms with Gasteiger partial charge in [-0.25, -0.2) is 9.78 Å². The van der Waals surface area contributed by atoms with Gasteiger partial charge >= 0.3 is 5.97 Å². The Morgan fingerprint density at radius 2 is 1.82 bits per heavy atom. The van der Waals surface area contributed by atoms with Crippen LogP contribution in [0.3, 0.4) is 0 Å². The van der Waals surface area contributed by atoms with Crippen LogP contribution in [0.1, 0.15) is 35.3 Å². The number of ether oxygens (including phenoxy) is 3. The van der Waals surface area contributed by atoms with Crippen molar-refractivity contribution < 1.29 is 28.9 Å². The second-order valence-corrected chi connectivity index (χ2v) is 8.36. The highest BCUT2D eigenvalue weighted by Crippen LogP contribution is 2.30. The quantitative estimate of drug-likeness (QED) is 0.399. The van der Waals surface area contributed by atoms with E-state index in [0.29, 0.717) is 21.7 Å². The lowest BCUT2D eigenvalue weighted by Gasteiger charge is -2.23. The van der Waals surface area contributed by atoms with Crippen LogP contribution in [0.25, 0.3) is 0 Å². The largest absolute Gasteiger partial charge is 0.497 e. The molecule has 0 radical (unpaired) electrons. The minimum absolute atomic E-state index is 0.0875. The van der Waals surface area contributed by atoms with Crippen LogP contribution in [0.2, 0.25) is 10.0 Å². The van der Waals surface area contributed by atoms with Crippen molar-refractivity contribution in [3.63, 3.8) is 0 Å². The minimum atomic E-state index is -1.56. The lowest BCUT2D eigenvalue weighted by Crippen LogP contribution is -2.38. The topological polar surface area (TPSA) is 95.0 Å². The molecular formula is C24H21Cl2NO6. The fourth-order valence-electron chi connectivity index (χ4n) is 2.77. The van der Waals surface area contributed by atoms with Crippen molar-refractivity contribution in [1.82, 2.24) is 4.98 Å². The maximum Gasteiger partial charge on any atom is 0.347 e. The molecule has 0 aliphatic rings. The van der Waals surface area contributed by atoms with Crippen LogP contribution in [0, 0.1) is 0 Å². The molecule has 0 aliphatic carbocycles. The predicted molar refractivity (Wildman–Crippen MR) is 124 cm³/mol. The molecule has 1 N–H and O–H groups in total. The Morgan fingerprint density at radius 1 is 1.06 bits per heavy atom. The third-order valence-electron chi connectivity index (χ3n) is 4.70. The zero-order chi connectivity index (χ0) is 24.2. The first-order chi connectivity index (χ1) is 15.6. The molecule has 0 saturated carbocycles. The number of hydrogen-bond acceptors (Lipinski definition) is 6. The molecule has 0 bridgehead atoms. The average Bonchev–Trinajstić information content (AvgIpc) is 2.78. The van der Waals surface area contributed by atoms with Gasteiger partial charge in [0.25, 0.3) is 0 Å². The zero-order valence-corrected chi connectivity index (χ0v) is 19.6. The number of halogens is 2. The van der Waals surface area contributed by atoms with Crippen LogP contribution in [0.15, 0.2) is 54.7 Å². The summed E-state index contributed by atoms with van der Waals surface area (Å²) in [6.07, 6.45) is 1.37. The molecule has 0 fully saturated rings. The Morgan fingerprint density at radius 3 is 2.42 bits per heavy atom. The lowest BCUT2D eigenvalue weighted by atomic mass is 10.0. The van der Waals surface area contributed by atoms with E-state index in [2.05, 4.69) is 4.98 Å². The van der Waals surface area contributed by atoms with Crippen LogP contribution in [-0.2, 0) is 11.4 Å². The van der Waals surface area contributed by atoms with E-state index < -0.39 is 17.4 Å². The molecule has 0 amide bonds. The monoisotopic (exact) mass is 489 g/mol. The van der Waals surface area contributed by atoms with Crippen molar-refractivity contribution in [3.05, 3.63) is 81.5 Å². The minimum Gasteiger partial charge on any atom is -0.497 e. The van der Waals surface area contributed by atoms with Crippen molar-refractivity contribution in [3.8, 4) is 17.4 Å². The zero-order valence-electron chi connectivity index (χ0n) is 18.1. The Hall–Kier alpha value is -3.29. The highest BCUT2D eigenvalue weighted by molar-refractivity contribution is 6.35. The van der Waals surface area contributed by atoms with Gasteiger partial charge in [-0.05, 0) is 44.2 Å². The number of pyridine rings is 1. The van der Waals surface area contributed by atoms with E-state index in [1.54, 1.807) is 36.4 Å². The van der Waals surface area contributed by atoms with Gasteiger partial charge in [-0.3, -0.25) is 4.79 Å². The third-order valence-corrected chi connectivity index (χ3v) is 5.29. The Balaban J connectivity index is 1.80. The Labute approximate surface area is 200 Å². The van der Waals surface area contributed by atoms with Crippen molar-refractivity contribution in [2.24, 2.45) is 0 Å². The first kappa shape index (κ1) is 24.4. The van der Waals surface area contributed by atoms with E-state index in [1.165, 1.54) is 39.3 Å². The van der Waals surface area contributed by atoms with Gasteiger partial charge in [0.2, 0.25) is 5.88 Å². The standard InChI is InChI=1S/C24H21Cl2NO6/c1-24(2,23(29)30)33-20-11-17(31-3)7-8-18(20)22(28)14-5-9-21(27-12-14)32-13-15-4-6-16(25)10-19(15)26/h4-12H,13H2,1-3H3,(H,29,30). The number of carbonyl (C=O) groups excluding carboxylic acids is 1. The molecule has 3 aromatic rings. The van der Waals surface area contributed by atoms with E-state index in [4.69, 9.17) is 37.4 Å². The number of hydrogen-bond donors (Lipinski definition) is 1. The predicted octanol–water partition coefficient (Wildman–Crippen LogP) is 5.45. The van der Waals surface area contributed by atoms with Gasteiger partial charge in [-0.1, -0.05) is 29.3 Å². The van der Waals surface area contributed by atoms with Crippen LogP contribution in [-0.4, -0.2) is 34.6 Å². The van der Waals surface area contributed by atoms with Crippen LogP contribution in [0.4, 0.5) is 0 Å². The molecule has 0 atom stereocenters. The lowest BCUT2D eigenvalue weighted by molar-refractivity contribution is -0.152. The number of carboxylic acids is 1. The van der Waals surface area contributed by atoms with E-state index in [9.17, 15) is 14.7 Å². The van der Waals surface area contributed by atoms with Crippen molar-refractivity contribution in [2.45, 2.75) is 26.1 Å². The third kappa shape index (κ3) is 5.94. The van der Waals surface area contributed by atoms with Gasteiger partial charge in [-0.15, -0.1) is 0 Å². The molecule has 33 heavy (non-hydrogen) atoms. The van der Waals surface area contributed by atoms with Crippen LogP contribution >= 0.6 is 23.2 Å². The molecule has 172 valence electrons. The van der Waals surface area contributed by atoms with Gasteiger partial charge in [0.1, 0.15) is 18.1 Å². The molecule has 1 heterocycles. The number of ketones is 1. The number of carboxylic acid groups (broad SMARTS) is 1. The second-order valence-electron chi connectivity index (χ2n) is 7.52. The van der Waals surface area contributed by atoms with Gasteiger partial charge in [0, 0.05) is 39.5 Å². The normalized spacial score (nSPS) is 11.1. The van der Waals surface area contributed by atoms with Gasteiger partial charge in [-0.2, -0.15) is 0 Å². The van der Waals surface area contributed by atoms with Crippen LogP contribution < -0.4 is 14.2 Å². The van der Waals surface area contributed by atoms with Crippen LogP contribution in [0.5, 0.6) is 17.4 Å². The Bertz CT molecular complexity index is 1180. The average molecular weight is 490 g/mol. The second kappa shape index (κ2) is 10.1. The van der Waals surface area contributed by atoms with Gasteiger partial charge < -0.3 is 19.3 Å². The number of aliphatic carboxylic acids is 1. The van der Waals surface area contributed by atoms with E-state index >= 15 is 0 Å². The van der Waals surface area contributed by atoms with E-state index in [0.717, 1.165) is 5.56 Å². The fourth-order valence-corrected chi connectivity index (χ4v) is 3.23. The summed E-state index contributed by atoms with van der Waals surface area (Å²) in [6, 6.07) is 12.8. The number of aromatic nitrogens is 1. The maximum atomic E-state index is 13.1. The number of methoxy groups -OCH3 is 1. The molecule has 0 spiro atoms. The van der Waals surface area contributed by atoms with Gasteiger partial charge in [0.05, 0.1) is 12.7 Å². The summed E-state index contributed by atoms with van der Waals surface area (Å²) in [5, 5.41) is 10.4. The summed E-state index contributed by atoms with van der Waals surface area (Å²) in [7, 11) is 1.46. The molecule has 0 saturated heterocycles. The molecular weight excluding hydrogens is 469 g/mol. The summed E-state index contributed by atoms with van der Waals surface area (Å²) < 4.78 is 16.5. The van der Waals surface area contributed by atoms with E-state index in [-0.39, 0.29) is 23.5 Å². The summed E-state index contributed by atoms with van der Waals surface area (Å²) >= 11 is 12.0.